The number of piperidine rings is 1. The molecule has 4 fully saturated rings. The van der Waals surface area contributed by atoms with E-state index in [2.05, 4.69) is 26.3 Å². The molecule has 0 spiro atoms. The number of nitrogens with one attached hydrogen (secondary N) is 5. The number of aromatic hydroxyl groups is 1. The molecule has 4 saturated heterocycles. The van der Waals surface area contributed by atoms with E-state index in [-0.39, 0.29) is 48.7 Å². The molecule has 316 valence electrons. The first kappa shape index (κ1) is 42.0. The molecule has 3 aromatic carbocycles. The maximum absolute atomic E-state index is 14.7. The number of phenols is 1. The van der Waals surface area contributed by atoms with Crippen LogP contribution in [0.25, 0.3) is 10.9 Å². The summed E-state index contributed by atoms with van der Waals surface area (Å²) in [6.45, 7) is 4.86. The standard InChI is InChI=1S/C46H55N7O7/c1-3-28(2)40-46(60)52-22-19-31(20-23-52)45(59)53-21-9-14-39(53)44(58)50-36(24-29-10-5-4-6-11-29)41(55)49-38(26-32-27-47-35-13-8-7-12-34(32)35)42(56)48-37(43(57)51-40)25-30-15-17-33(54)18-16-30/h4-8,10-13,15-18,27-28,31,36-40,47,54H,3,9,14,19-26H2,1-2H3,(H,48,56)(H,49,55)(H,50,58)(H,51,57)/t28-,36-,37-,38-,39-,40-/m0/s1. The highest BCUT2D eigenvalue weighted by Crippen LogP contribution is 2.27. The van der Waals surface area contributed by atoms with Gasteiger partial charge in [0.2, 0.25) is 35.4 Å². The summed E-state index contributed by atoms with van der Waals surface area (Å²) in [5.74, 6) is -3.29. The Hall–Kier alpha value is -6.18. The number of carbonyl (C=O) groups excluding carboxylic acids is 6. The Labute approximate surface area is 349 Å². The first-order chi connectivity index (χ1) is 29.0. The summed E-state index contributed by atoms with van der Waals surface area (Å²) in [6, 6.07) is 17.9. The average molecular weight is 818 g/mol. The quantitative estimate of drug-likeness (QED) is 0.147. The number of hydrogen-bond acceptors (Lipinski definition) is 7. The number of amides is 6. The molecule has 0 unspecified atom stereocenters. The zero-order chi connectivity index (χ0) is 42.3. The van der Waals surface area contributed by atoms with Crippen LogP contribution in [-0.2, 0) is 48.0 Å². The van der Waals surface area contributed by atoms with Crippen LogP contribution in [-0.4, -0.2) is 105 Å². The van der Waals surface area contributed by atoms with Crippen molar-refractivity contribution in [2.24, 2.45) is 11.8 Å². The van der Waals surface area contributed by atoms with Gasteiger partial charge < -0.3 is 41.2 Å². The summed E-state index contributed by atoms with van der Waals surface area (Å²) in [5.41, 5.74) is 3.01. The summed E-state index contributed by atoms with van der Waals surface area (Å²) in [5, 5.41) is 22.7. The summed E-state index contributed by atoms with van der Waals surface area (Å²) in [4.78, 5) is 92.7. The molecule has 5 heterocycles. The van der Waals surface area contributed by atoms with Gasteiger partial charge in [-0.3, -0.25) is 28.8 Å². The van der Waals surface area contributed by atoms with E-state index in [4.69, 9.17) is 0 Å². The normalized spacial score (nSPS) is 25.3. The minimum absolute atomic E-state index is 0.0190. The van der Waals surface area contributed by atoms with Gasteiger partial charge in [-0.15, -0.1) is 0 Å². The molecule has 14 heteroatoms. The van der Waals surface area contributed by atoms with E-state index in [0.717, 1.165) is 22.0 Å². The molecule has 0 saturated carbocycles. The van der Waals surface area contributed by atoms with Gasteiger partial charge in [-0.25, -0.2) is 0 Å². The number of rotatable bonds is 8. The van der Waals surface area contributed by atoms with Crippen molar-refractivity contribution in [2.75, 3.05) is 19.6 Å². The van der Waals surface area contributed by atoms with Crippen molar-refractivity contribution in [3.63, 3.8) is 0 Å². The predicted molar refractivity (Wildman–Crippen MR) is 225 cm³/mol. The second-order valence-electron chi connectivity index (χ2n) is 16.5. The first-order valence-corrected chi connectivity index (χ1v) is 21.2. The molecule has 6 atom stereocenters. The monoisotopic (exact) mass is 817 g/mol. The molecule has 0 aliphatic carbocycles. The topological polar surface area (TPSA) is 193 Å². The number of nitrogens with zero attached hydrogens (tertiary/aromatic N) is 2. The van der Waals surface area contributed by atoms with Gasteiger partial charge in [0.1, 0.15) is 36.0 Å². The smallest absolute Gasteiger partial charge is 0.245 e. The van der Waals surface area contributed by atoms with Crippen LogP contribution in [0, 0.1) is 11.8 Å². The minimum atomic E-state index is -1.22. The van der Waals surface area contributed by atoms with Gasteiger partial charge in [-0.05, 0) is 66.5 Å². The third-order valence-corrected chi connectivity index (χ3v) is 12.4. The maximum atomic E-state index is 14.7. The number of hydrogen-bond donors (Lipinski definition) is 6. The second kappa shape index (κ2) is 18.8. The minimum Gasteiger partial charge on any atom is -0.508 e. The average Bonchev–Trinajstić information content (AvgIpc) is 3.93. The SMILES string of the molecule is CC[C@H](C)[C@@H]1NC(=O)[C@H](Cc2ccc(O)cc2)NC(=O)[C@H](Cc2c[nH]c3ccccc23)NC(=O)[C@H](Cc2ccccc2)NC(=O)[C@@H]2CCCN2C(=O)C2CCN(CC2)C1=O. The zero-order valence-electron chi connectivity index (χ0n) is 34.2. The van der Waals surface area contributed by atoms with Gasteiger partial charge in [-0.2, -0.15) is 0 Å². The molecule has 6 amide bonds. The Kier molecular flexibility index (Phi) is 13.2. The number of aromatic amines is 1. The molecule has 4 aliphatic heterocycles. The largest absolute Gasteiger partial charge is 0.508 e. The highest BCUT2D eigenvalue weighted by atomic mass is 16.3. The Morgan fingerprint density at radius 3 is 1.90 bits per heavy atom. The van der Waals surface area contributed by atoms with Crippen LogP contribution in [0.2, 0.25) is 0 Å². The molecular weight excluding hydrogens is 763 g/mol. The van der Waals surface area contributed by atoms with E-state index >= 15 is 0 Å². The summed E-state index contributed by atoms with van der Waals surface area (Å²) in [6.07, 6.45) is 4.44. The third-order valence-electron chi connectivity index (χ3n) is 12.4. The summed E-state index contributed by atoms with van der Waals surface area (Å²) < 4.78 is 0. The Bertz CT molecular complexity index is 2180. The first-order valence-electron chi connectivity index (χ1n) is 21.2. The van der Waals surface area contributed by atoms with Crippen LogP contribution in [0.5, 0.6) is 5.75 Å². The molecular formula is C46H55N7O7. The van der Waals surface area contributed by atoms with E-state index in [0.29, 0.717) is 57.3 Å². The number of phenolic OH excluding ortho intramolecular Hbond substituents is 1. The van der Waals surface area contributed by atoms with E-state index in [9.17, 15) is 33.9 Å². The maximum Gasteiger partial charge on any atom is 0.245 e. The molecule has 8 rings (SSSR count). The van der Waals surface area contributed by atoms with E-state index in [1.807, 2.05) is 68.4 Å². The van der Waals surface area contributed by atoms with Crippen molar-refractivity contribution in [1.29, 1.82) is 0 Å². The van der Waals surface area contributed by atoms with Gasteiger partial charge in [0.15, 0.2) is 0 Å². The zero-order valence-corrected chi connectivity index (χ0v) is 34.2. The Balaban J connectivity index is 1.27. The number of benzene rings is 3. The van der Waals surface area contributed by atoms with Crippen molar-refractivity contribution in [3.8, 4) is 5.75 Å². The van der Waals surface area contributed by atoms with Crippen molar-refractivity contribution < 1.29 is 33.9 Å². The highest BCUT2D eigenvalue weighted by molar-refractivity contribution is 5.97. The Morgan fingerprint density at radius 2 is 1.23 bits per heavy atom. The van der Waals surface area contributed by atoms with Crippen molar-refractivity contribution in [2.45, 2.75) is 95.4 Å². The van der Waals surface area contributed by atoms with Crippen molar-refractivity contribution in [1.82, 2.24) is 36.1 Å². The van der Waals surface area contributed by atoms with Crippen LogP contribution in [0.1, 0.15) is 62.6 Å². The highest BCUT2D eigenvalue weighted by Gasteiger charge is 2.41. The number of para-hydroxylation sites is 1. The predicted octanol–water partition coefficient (Wildman–Crippen LogP) is 3.13. The fourth-order valence-corrected chi connectivity index (χ4v) is 8.70. The number of aromatic nitrogens is 1. The van der Waals surface area contributed by atoms with Crippen molar-refractivity contribution in [3.05, 3.63) is 102 Å². The number of H-pyrrole nitrogens is 1. The summed E-state index contributed by atoms with van der Waals surface area (Å²) >= 11 is 0. The molecule has 14 nitrogen and oxygen atoms in total. The molecule has 0 radical (unpaired) electrons. The lowest BCUT2D eigenvalue weighted by atomic mass is 9.92. The van der Waals surface area contributed by atoms with Gasteiger partial charge >= 0.3 is 0 Å². The lowest BCUT2D eigenvalue weighted by molar-refractivity contribution is -0.146. The number of carbonyl (C=O) groups is 6. The van der Waals surface area contributed by atoms with Crippen LogP contribution in [0.3, 0.4) is 0 Å². The number of fused-ring (bicyclic) bond motifs is 15. The molecule has 2 bridgehead atoms. The van der Waals surface area contributed by atoms with Crippen LogP contribution < -0.4 is 21.3 Å². The molecule has 4 aliphatic rings. The lowest BCUT2D eigenvalue weighted by Crippen LogP contribution is -2.61. The van der Waals surface area contributed by atoms with Gasteiger partial charge in [-0.1, -0.05) is 80.9 Å². The molecule has 60 heavy (non-hydrogen) atoms. The van der Waals surface area contributed by atoms with Crippen LogP contribution in [0.15, 0.2) is 85.1 Å². The fourth-order valence-electron chi connectivity index (χ4n) is 8.70. The van der Waals surface area contributed by atoms with Gasteiger partial charge in [0, 0.05) is 61.9 Å². The molecule has 6 N–H and O–H groups in total. The lowest BCUT2D eigenvalue weighted by Gasteiger charge is -2.37. The van der Waals surface area contributed by atoms with Crippen LogP contribution >= 0.6 is 0 Å². The van der Waals surface area contributed by atoms with E-state index in [1.165, 1.54) is 12.1 Å². The van der Waals surface area contributed by atoms with Crippen molar-refractivity contribution >= 4 is 46.3 Å². The van der Waals surface area contributed by atoms with Gasteiger partial charge in [0.05, 0.1) is 0 Å². The molecule has 1 aromatic heterocycles. The fraction of sp³-hybridized carbons (Fsp3) is 0.435. The third kappa shape index (κ3) is 9.64. The second-order valence-corrected chi connectivity index (χ2v) is 16.5. The van der Waals surface area contributed by atoms with E-state index in [1.54, 1.807) is 28.1 Å². The molecule has 4 aromatic rings. The summed E-state index contributed by atoms with van der Waals surface area (Å²) in [7, 11) is 0. The van der Waals surface area contributed by atoms with Gasteiger partial charge in [0.25, 0.3) is 0 Å². The van der Waals surface area contributed by atoms with E-state index < -0.39 is 53.8 Å². The Morgan fingerprint density at radius 1 is 0.650 bits per heavy atom. The van der Waals surface area contributed by atoms with Crippen LogP contribution in [0.4, 0.5) is 0 Å².